The van der Waals surface area contributed by atoms with Crippen LogP contribution in [-0.4, -0.2) is 10.6 Å². The highest BCUT2D eigenvalue weighted by Gasteiger charge is 2.27. The monoisotopic (exact) mass is 259 g/mol. The molecule has 3 heteroatoms. The molecule has 0 saturated carbocycles. The normalized spacial score (nSPS) is 20.6. The van der Waals surface area contributed by atoms with Crippen molar-refractivity contribution in [2.75, 3.05) is 0 Å². The molecule has 0 saturated heterocycles. The lowest BCUT2D eigenvalue weighted by molar-refractivity contribution is 0.128. The first kappa shape index (κ1) is 13.7. The van der Waals surface area contributed by atoms with Gasteiger partial charge in [0, 0.05) is 11.8 Å². The van der Waals surface area contributed by atoms with Crippen molar-refractivity contribution in [2.24, 2.45) is 0 Å². The topological polar surface area (TPSA) is 42.1 Å². The summed E-state index contributed by atoms with van der Waals surface area (Å²) in [6.45, 7) is 8.11. The van der Waals surface area contributed by atoms with Crippen molar-refractivity contribution in [3.63, 3.8) is 0 Å². The number of fused-ring (bicyclic) bond motifs is 1. The van der Waals surface area contributed by atoms with Gasteiger partial charge in [-0.2, -0.15) is 0 Å². The predicted molar refractivity (Wildman–Crippen MR) is 78.5 cm³/mol. The zero-order chi connectivity index (χ0) is 14.0. The van der Waals surface area contributed by atoms with Crippen molar-refractivity contribution in [2.45, 2.75) is 46.1 Å². The Bertz CT molecular complexity index is 591. The van der Waals surface area contributed by atoms with Gasteiger partial charge < -0.3 is 9.72 Å². The van der Waals surface area contributed by atoms with Gasteiger partial charge in [0.15, 0.2) is 0 Å². The SMILES string of the molecule is CC(C)=CCCC1(C)C=Cc2c(cc(C)[nH]c2=O)O1. The third-order valence-electron chi connectivity index (χ3n) is 3.31. The van der Waals surface area contributed by atoms with Crippen LogP contribution >= 0.6 is 0 Å². The van der Waals surface area contributed by atoms with Gasteiger partial charge in [0.25, 0.3) is 5.56 Å². The number of allylic oxidation sites excluding steroid dienone is 2. The summed E-state index contributed by atoms with van der Waals surface area (Å²) in [6.07, 6.45) is 7.94. The summed E-state index contributed by atoms with van der Waals surface area (Å²) >= 11 is 0. The standard InChI is InChI=1S/C16H21NO2/c1-11(2)6-5-8-16(4)9-7-13-14(19-16)10-12(3)17-15(13)18/h6-7,9-10H,5,8H2,1-4H3,(H,17,18). The molecule has 2 heterocycles. The summed E-state index contributed by atoms with van der Waals surface area (Å²) in [5, 5.41) is 0. The summed E-state index contributed by atoms with van der Waals surface area (Å²) in [7, 11) is 0. The zero-order valence-corrected chi connectivity index (χ0v) is 12.0. The van der Waals surface area contributed by atoms with Crippen LogP contribution in [0.25, 0.3) is 6.08 Å². The van der Waals surface area contributed by atoms with E-state index in [2.05, 4.69) is 31.8 Å². The van der Waals surface area contributed by atoms with Crippen LogP contribution in [0.5, 0.6) is 5.75 Å². The van der Waals surface area contributed by atoms with Crippen LogP contribution in [0.2, 0.25) is 0 Å². The molecule has 0 radical (unpaired) electrons. The molecule has 1 unspecified atom stereocenters. The Balaban J connectivity index is 2.22. The summed E-state index contributed by atoms with van der Waals surface area (Å²) in [6, 6.07) is 1.89. The van der Waals surface area contributed by atoms with E-state index in [9.17, 15) is 4.79 Å². The second-order valence-corrected chi connectivity index (χ2v) is 5.63. The van der Waals surface area contributed by atoms with Gasteiger partial charge in [-0.25, -0.2) is 0 Å². The maximum absolute atomic E-state index is 11.8. The van der Waals surface area contributed by atoms with Crippen LogP contribution < -0.4 is 10.3 Å². The molecule has 19 heavy (non-hydrogen) atoms. The van der Waals surface area contributed by atoms with Crippen LogP contribution in [0.4, 0.5) is 0 Å². The Morgan fingerprint density at radius 1 is 1.47 bits per heavy atom. The largest absolute Gasteiger partial charge is 0.483 e. The molecular weight excluding hydrogens is 238 g/mol. The predicted octanol–water partition coefficient (Wildman–Crippen LogP) is 3.59. The van der Waals surface area contributed by atoms with E-state index in [0.717, 1.165) is 18.5 Å². The summed E-state index contributed by atoms with van der Waals surface area (Å²) in [5.41, 5.74) is 2.34. The fourth-order valence-electron chi connectivity index (χ4n) is 2.24. The van der Waals surface area contributed by atoms with Crippen molar-refractivity contribution in [3.05, 3.63) is 45.4 Å². The van der Waals surface area contributed by atoms with Crippen LogP contribution in [0.1, 0.15) is 44.9 Å². The number of H-pyrrole nitrogens is 1. The van der Waals surface area contributed by atoms with Gasteiger partial charge in [0.05, 0.1) is 5.56 Å². The fourth-order valence-corrected chi connectivity index (χ4v) is 2.24. The second-order valence-electron chi connectivity index (χ2n) is 5.63. The maximum Gasteiger partial charge on any atom is 0.259 e. The molecule has 1 N–H and O–H groups in total. The first-order valence-electron chi connectivity index (χ1n) is 6.65. The number of pyridine rings is 1. The number of aromatic nitrogens is 1. The van der Waals surface area contributed by atoms with E-state index in [1.807, 2.05) is 25.1 Å². The fraction of sp³-hybridized carbons (Fsp3) is 0.438. The molecule has 3 nitrogen and oxygen atoms in total. The second kappa shape index (κ2) is 5.08. The molecule has 2 rings (SSSR count). The molecule has 0 fully saturated rings. The lowest BCUT2D eigenvalue weighted by Gasteiger charge is -2.31. The molecular formula is C16H21NO2. The number of hydrogen-bond acceptors (Lipinski definition) is 2. The van der Waals surface area contributed by atoms with Crippen molar-refractivity contribution < 1.29 is 4.74 Å². The van der Waals surface area contributed by atoms with Crippen molar-refractivity contribution in [1.82, 2.24) is 4.98 Å². The zero-order valence-electron chi connectivity index (χ0n) is 12.0. The molecule has 0 spiro atoms. The number of aromatic amines is 1. The van der Waals surface area contributed by atoms with E-state index in [4.69, 9.17) is 4.74 Å². The molecule has 0 bridgehead atoms. The Labute approximate surface area is 114 Å². The minimum Gasteiger partial charge on any atom is -0.483 e. The molecule has 1 aromatic heterocycles. The quantitative estimate of drug-likeness (QED) is 0.843. The highest BCUT2D eigenvalue weighted by molar-refractivity contribution is 5.60. The van der Waals surface area contributed by atoms with E-state index in [1.54, 1.807) is 0 Å². The van der Waals surface area contributed by atoms with E-state index in [0.29, 0.717) is 11.3 Å². The summed E-state index contributed by atoms with van der Waals surface area (Å²) in [4.78, 5) is 14.6. The highest BCUT2D eigenvalue weighted by atomic mass is 16.5. The third kappa shape index (κ3) is 3.16. The molecule has 102 valence electrons. The van der Waals surface area contributed by atoms with Crippen molar-refractivity contribution >= 4 is 6.08 Å². The van der Waals surface area contributed by atoms with Crippen molar-refractivity contribution in [3.8, 4) is 5.75 Å². The molecule has 1 aromatic rings. The average Bonchev–Trinajstić information content (AvgIpc) is 2.26. The molecule has 1 aliphatic rings. The summed E-state index contributed by atoms with van der Waals surface area (Å²) < 4.78 is 6.03. The number of ether oxygens (including phenoxy) is 1. The number of aryl methyl sites for hydroxylation is 1. The lowest BCUT2D eigenvalue weighted by Crippen LogP contribution is -2.33. The highest BCUT2D eigenvalue weighted by Crippen LogP contribution is 2.31. The first-order chi connectivity index (χ1) is 8.89. The smallest absolute Gasteiger partial charge is 0.259 e. The Kier molecular flexibility index (Phi) is 3.65. The van der Waals surface area contributed by atoms with E-state index >= 15 is 0 Å². The maximum atomic E-state index is 11.8. The third-order valence-corrected chi connectivity index (χ3v) is 3.31. The van der Waals surface area contributed by atoms with E-state index in [1.165, 1.54) is 5.57 Å². The van der Waals surface area contributed by atoms with Gasteiger partial charge in [-0.3, -0.25) is 4.79 Å². The first-order valence-corrected chi connectivity index (χ1v) is 6.65. The Morgan fingerprint density at radius 2 is 2.21 bits per heavy atom. The Morgan fingerprint density at radius 3 is 2.89 bits per heavy atom. The molecule has 1 aliphatic heterocycles. The van der Waals surface area contributed by atoms with Gasteiger partial charge >= 0.3 is 0 Å². The molecule has 0 aromatic carbocycles. The summed E-state index contributed by atoms with van der Waals surface area (Å²) in [5.74, 6) is 0.684. The molecule has 0 amide bonds. The minimum absolute atomic E-state index is 0.0856. The number of nitrogens with one attached hydrogen (secondary N) is 1. The number of hydrogen-bond donors (Lipinski definition) is 1. The Hall–Kier alpha value is -1.77. The minimum atomic E-state index is -0.334. The van der Waals surface area contributed by atoms with Crippen LogP contribution in [0, 0.1) is 6.92 Å². The lowest BCUT2D eigenvalue weighted by atomic mass is 9.95. The van der Waals surface area contributed by atoms with E-state index in [-0.39, 0.29) is 11.2 Å². The van der Waals surface area contributed by atoms with Crippen LogP contribution in [0.3, 0.4) is 0 Å². The van der Waals surface area contributed by atoms with Gasteiger partial charge in [0.2, 0.25) is 0 Å². The number of rotatable bonds is 3. The van der Waals surface area contributed by atoms with Crippen LogP contribution in [0.15, 0.2) is 28.6 Å². The van der Waals surface area contributed by atoms with Crippen LogP contribution in [-0.2, 0) is 0 Å². The van der Waals surface area contributed by atoms with Gasteiger partial charge in [-0.1, -0.05) is 11.6 Å². The average molecular weight is 259 g/mol. The van der Waals surface area contributed by atoms with E-state index < -0.39 is 0 Å². The van der Waals surface area contributed by atoms with Gasteiger partial charge in [-0.15, -0.1) is 0 Å². The van der Waals surface area contributed by atoms with Gasteiger partial charge in [0.1, 0.15) is 11.4 Å². The van der Waals surface area contributed by atoms with Gasteiger partial charge in [-0.05, 0) is 52.7 Å². The molecule has 0 aliphatic carbocycles. The van der Waals surface area contributed by atoms with Crippen molar-refractivity contribution in [1.29, 1.82) is 0 Å². The molecule has 1 atom stereocenters.